The highest BCUT2D eigenvalue weighted by atomic mass is 35.5. The van der Waals surface area contributed by atoms with Crippen LogP contribution in [0.5, 0.6) is 0 Å². The molecule has 0 atom stereocenters. The zero-order chi connectivity index (χ0) is 51.3. The monoisotopic (exact) mass is 1030 g/mol. The van der Waals surface area contributed by atoms with E-state index in [2.05, 4.69) is 46.5 Å². The Labute approximate surface area is 417 Å². The van der Waals surface area contributed by atoms with Gasteiger partial charge in [-0.05, 0) is 74.2 Å². The van der Waals surface area contributed by atoms with Crippen molar-refractivity contribution in [1.29, 1.82) is 0 Å². The molecule has 6 N–H and O–H groups in total. The molecule has 7 aromatic rings. The molecule has 10 rings (SSSR count). The lowest BCUT2D eigenvalue weighted by atomic mass is 10.0. The number of hydrogen-bond acceptors (Lipinski definition) is 15. The predicted octanol–water partition coefficient (Wildman–Crippen LogP) is 8.56. The zero-order valence-corrected chi connectivity index (χ0v) is 39.2. The molecule has 0 bridgehead atoms. The molecule has 6 aromatic heterocycles. The van der Waals surface area contributed by atoms with Crippen LogP contribution in [0, 0.1) is 0 Å². The van der Waals surface area contributed by atoms with Crippen molar-refractivity contribution in [1.82, 2.24) is 44.8 Å². The molecule has 2 saturated heterocycles. The topological polar surface area (TPSA) is 225 Å². The molecule has 24 heteroatoms. The third-order valence-electron chi connectivity index (χ3n) is 12.1. The van der Waals surface area contributed by atoms with Crippen molar-refractivity contribution < 1.29 is 35.9 Å². The molecule has 16 nitrogen and oxygen atoms in total. The van der Waals surface area contributed by atoms with Crippen molar-refractivity contribution in [3.05, 3.63) is 143 Å². The van der Waals surface area contributed by atoms with E-state index in [9.17, 15) is 35.9 Å². The van der Waals surface area contributed by atoms with Gasteiger partial charge in [0.25, 0.3) is 11.8 Å². The Hall–Kier alpha value is -7.24. The minimum Gasteiger partial charge on any atom is -0.355 e. The number of rotatable bonds is 7. The average Bonchev–Trinajstić information content (AvgIpc) is 3.65. The number of hydrazine groups is 1. The van der Waals surface area contributed by atoms with Crippen LogP contribution in [-0.2, 0) is 12.4 Å². The molecular formula is C48H42Cl2F6N14O2. The van der Waals surface area contributed by atoms with E-state index in [-0.39, 0.29) is 41.0 Å². The number of carbonyl (C=O) groups excluding carboxylic acids is 2. The Morgan fingerprint density at radius 3 is 1.31 bits per heavy atom. The van der Waals surface area contributed by atoms with E-state index >= 15 is 0 Å². The van der Waals surface area contributed by atoms with Crippen LogP contribution < -0.4 is 27.2 Å². The van der Waals surface area contributed by atoms with Crippen LogP contribution in [0.25, 0.3) is 45.3 Å². The van der Waals surface area contributed by atoms with Gasteiger partial charge in [-0.3, -0.25) is 46.1 Å². The van der Waals surface area contributed by atoms with Gasteiger partial charge in [-0.1, -0.05) is 35.3 Å². The SMILES string of the molecule is NC1CCN(c2cnc(-c3ccc(C(F)(F)F)cn3)c(-c3ccncc3Cl)n2)CC1.NN.O=C1c2ccccc2C(=O)N1C1CCN(c2cnc(-c3ccc(C(F)(F)F)cn3)c(-c3ccncc3Cl)n2)CC1. The number of hydrogen-bond donors (Lipinski definition) is 3. The molecule has 2 fully saturated rings. The van der Waals surface area contributed by atoms with Crippen LogP contribution in [-0.4, -0.2) is 94.8 Å². The molecule has 1 aromatic carbocycles. The van der Waals surface area contributed by atoms with Crippen LogP contribution in [0.2, 0.25) is 10.0 Å². The second-order valence-electron chi connectivity index (χ2n) is 16.5. The molecule has 0 radical (unpaired) electrons. The highest BCUT2D eigenvalue weighted by Gasteiger charge is 2.41. The Morgan fingerprint density at radius 1 is 0.514 bits per heavy atom. The fourth-order valence-corrected chi connectivity index (χ4v) is 8.79. The Bertz CT molecular complexity index is 3030. The number of nitrogens with two attached hydrogens (primary N) is 3. The number of carbonyl (C=O) groups is 2. The lowest BCUT2D eigenvalue weighted by Gasteiger charge is -2.36. The molecule has 0 saturated carbocycles. The standard InChI is InChI=1S/C28H20ClF3N6O2.C20H18ClF3N6.H4N2/c29-21-14-33-10-7-20(21)24-25(22-6-5-16(13-34-22)28(30,31)32)35-15-23(36-24)37-11-8-17(9-12-37)38-26(39)18-3-1-2-4-19(18)27(38)40;21-15-10-26-6-3-14(15)18-19(16-2-1-12(9-27-16)20(22,23)24)28-11-17(29-18)30-7-4-13(25)5-8-30;1-2/h1-7,10,13-15,17H,8-9,11-12H2;1-3,6,9-11,13H,4-5,7-8,25H2;1-2H2. The average molecular weight is 1030 g/mol. The number of anilines is 2. The van der Waals surface area contributed by atoms with E-state index in [1.807, 2.05) is 4.90 Å². The van der Waals surface area contributed by atoms with Gasteiger partial charge in [0, 0.05) is 86.6 Å². The van der Waals surface area contributed by atoms with E-state index in [0.717, 1.165) is 50.5 Å². The summed E-state index contributed by atoms with van der Waals surface area (Å²) in [5.41, 5.74) is 8.08. The first-order valence-corrected chi connectivity index (χ1v) is 22.9. The first kappa shape index (κ1) is 51.1. The summed E-state index contributed by atoms with van der Waals surface area (Å²) >= 11 is 12.7. The molecule has 9 heterocycles. The largest absolute Gasteiger partial charge is 0.417 e. The molecule has 0 aliphatic carbocycles. The van der Waals surface area contributed by atoms with Gasteiger partial charge in [-0.2, -0.15) is 26.3 Å². The van der Waals surface area contributed by atoms with Crippen LogP contribution in [0.15, 0.2) is 110 Å². The quantitative estimate of drug-likeness (QED) is 0.0588. The minimum atomic E-state index is -4.52. The normalized spacial score (nSPS) is 15.4. The molecule has 0 spiro atoms. The summed E-state index contributed by atoms with van der Waals surface area (Å²) in [4.78, 5) is 65.8. The number of benzene rings is 1. The highest BCUT2D eigenvalue weighted by Crippen LogP contribution is 2.38. The number of nitrogens with zero attached hydrogens (tertiary/aromatic N) is 11. The molecule has 372 valence electrons. The summed E-state index contributed by atoms with van der Waals surface area (Å²) in [7, 11) is 0. The summed E-state index contributed by atoms with van der Waals surface area (Å²) in [6.45, 7) is 2.51. The fraction of sp³-hybridized carbons (Fsp3) is 0.250. The van der Waals surface area contributed by atoms with Gasteiger partial charge < -0.3 is 15.5 Å². The van der Waals surface area contributed by atoms with Gasteiger partial charge in [-0.15, -0.1) is 0 Å². The number of imide groups is 1. The maximum absolute atomic E-state index is 13.1. The maximum atomic E-state index is 13.1. The van der Waals surface area contributed by atoms with Crippen molar-refractivity contribution in [3.8, 4) is 45.3 Å². The molecule has 3 aliphatic heterocycles. The Morgan fingerprint density at radius 2 is 0.931 bits per heavy atom. The summed E-state index contributed by atoms with van der Waals surface area (Å²) in [6, 6.07) is 14.5. The van der Waals surface area contributed by atoms with Gasteiger partial charge in [0.1, 0.15) is 34.4 Å². The van der Waals surface area contributed by atoms with E-state index in [0.29, 0.717) is 86.9 Å². The van der Waals surface area contributed by atoms with Crippen LogP contribution in [0.1, 0.15) is 57.5 Å². The fourth-order valence-electron chi connectivity index (χ4n) is 8.37. The van der Waals surface area contributed by atoms with E-state index in [1.54, 1.807) is 48.8 Å². The smallest absolute Gasteiger partial charge is 0.355 e. The lowest BCUT2D eigenvalue weighted by molar-refractivity contribution is -0.138. The number of fused-ring (bicyclic) bond motifs is 1. The summed E-state index contributed by atoms with van der Waals surface area (Å²) in [6.07, 6.45) is 4.50. The predicted molar refractivity (Wildman–Crippen MR) is 257 cm³/mol. The van der Waals surface area contributed by atoms with Crippen molar-refractivity contribution in [2.75, 3.05) is 36.0 Å². The number of amides is 2. The second-order valence-corrected chi connectivity index (χ2v) is 17.3. The van der Waals surface area contributed by atoms with Crippen molar-refractivity contribution in [3.63, 3.8) is 0 Å². The number of halogens is 8. The minimum absolute atomic E-state index is 0.166. The highest BCUT2D eigenvalue weighted by molar-refractivity contribution is 6.33. The number of aromatic nitrogens is 8. The molecule has 2 amide bonds. The zero-order valence-electron chi connectivity index (χ0n) is 37.7. The van der Waals surface area contributed by atoms with E-state index in [4.69, 9.17) is 38.9 Å². The third-order valence-corrected chi connectivity index (χ3v) is 12.7. The summed E-state index contributed by atoms with van der Waals surface area (Å²) < 4.78 is 77.9. The Kier molecular flexibility index (Phi) is 15.4. The number of pyridine rings is 4. The van der Waals surface area contributed by atoms with Gasteiger partial charge in [0.2, 0.25) is 0 Å². The lowest BCUT2D eigenvalue weighted by Crippen LogP contribution is -2.47. The molecular weight excluding hydrogens is 990 g/mol. The van der Waals surface area contributed by atoms with Gasteiger partial charge in [0.15, 0.2) is 0 Å². The van der Waals surface area contributed by atoms with Gasteiger partial charge >= 0.3 is 12.4 Å². The second kappa shape index (κ2) is 21.6. The Balaban J connectivity index is 0.000000194. The molecule has 72 heavy (non-hydrogen) atoms. The van der Waals surface area contributed by atoms with Crippen LogP contribution in [0.4, 0.5) is 38.0 Å². The van der Waals surface area contributed by atoms with Crippen molar-refractivity contribution >= 4 is 46.7 Å². The van der Waals surface area contributed by atoms with Crippen LogP contribution >= 0.6 is 23.2 Å². The molecule has 0 unspecified atom stereocenters. The first-order valence-electron chi connectivity index (χ1n) is 22.1. The third kappa shape index (κ3) is 11.0. The first-order chi connectivity index (χ1) is 34.5. The van der Waals surface area contributed by atoms with E-state index < -0.39 is 23.5 Å². The maximum Gasteiger partial charge on any atom is 0.417 e. The van der Waals surface area contributed by atoms with E-state index in [1.165, 1.54) is 41.8 Å². The number of piperidine rings is 2. The van der Waals surface area contributed by atoms with Crippen molar-refractivity contribution in [2.45, 2.75) is 50.1 Å². The van der Waals surface area contributed by atoms with Crippen molar-refractivity contribution in [2.24, 2.45) is 17.4 Å². The van der Waals surface area contributed by atoms with Crippen LogP contribution in [0.3, 0.4) is 0 Å². The van der Waals surface area contributed by atoms with Gasteiger partial charge in [0.05, 0.1) is 56.1 Å². The van der Waals surface area contributed by atoms with Gasteiger partial charge in [-0.25, -0.2) is 19.9 Å². The number of alkyl halides is 6. The molecule has 3 aliphatic rings. The summed E-state index contributed by atoms with van der Waals surface area (Å²) in [5, 5.41) is 0.657. The summed E-state index contributed by atoms with van der Waals surface area (Å²) in [5.74, 6) is 8.63.